The molecule has 0 aromatic heterocycles. The average Bonchev–Trinajstić information content (AvgIpc) is 2.82. The maximum Gasteiger partial charge on any atom is 0.271 e. The van der Waals surface area contributed by atoms with Crippen LogP contribution in [0.5, 0.6) is 0 Å². The zero-order chi connectivity index (χ0) is 24.9. The molecule has 0 unspecified atom stereocenters. The summed E-state index contributed by atoms with van der Waals surface area (Å²) in [6.45, 7) is 8.03. The van der Waals surface area contributed by atoms with Crippen molar-refractivity contribution in [1.29, 1.82) is 0 Å². The standard InChI is InChI=1S/C26H26N4O4/c1-17(18-9-15-23(16-10-18)30(33)34)28-29-25(32)20-7-13-22(14-8-20)27-24(31)19-5-11-21(12-6-19)26(2,3)4/h5-16H,1-4H3,(H,27,31)(H,29,32). The van der Waals surface area contributed by atoms with Gasteiger partial charge in [-0.1, -0.05) is 32.9 Å². The van der Waals surface area contributed by atoms with Gasteiger partial charge < -0.3 is 5.32 Å². The molecule has 0 bridgehead atoms. The fourth-order valence-corrected chi connectivity index (χ4v) is 3.12. The van der Waals surface area contributed by atoms with Crippen LogP contribution in [0.2, 0.25) is 0 Å². The molecule has 2 N–H and O–H groups in total. The van der Waals surface area contributed by atoms with Crippen molar-refractivity contribution < 1.29 is 14.5 Å². The fourth-order valence-electron chi connectivity index (χ4n) is 3.12. The molecule has 8 nitrogen and oxygen atoms in total. The number of rotatable bonds is 6. The van der Waals surface area contributed by atoms with Crippen LogP contribution in [0.15, 0.2) is 77.9 Å². The van der Waals surface area contributed by atoms with Gasteiger partial charge in [0, 0.05) is 28.9 Å². The summed E-state index contributed by atoms with van der Waals surface area (Å²) in [5, 5.41) is 17.6. The third-order valence-electron chi connectivity index (χ3n) is 5.24. The van der Waals surface area contributed by atoms with Crippen LogP contribution in [0.25, 0.3) is 0 Å². The summed E-state index contributed by atoms with van der Waals surface area (Å²) < 4.78 is 0. The minimum atomic E-state index is -0.479. The van der Waals surface area contributed by atoms with E-state index in [1.807, 2.05) is 12.1 Å². The Morgan fingerprint density at radius 2 is 1.29 bits per heavy atom. The molecule has 0 atom stereocenters. The lowest BCUT2D eigenvalue weighted by molar-refractivity contribution is -0.384. The largest absolute Gasteiger partial charge is 0.322 e. The predicted octanol–water partition coefficient (Wildman–Crippen LogP) is 5.30. The molecule has 0 saturated carbocycles. The summed E-state index contributed by atoms with van der Waals surface area (Å²) in [7, 11) is 0. The van der Waals surface area contributed by atoms with E-state index < -0.39 is 10.8 Å². The summed E-state index contributed by atoms with van der Waals surface area (Å²) in [5.74, 6) is -0.655. The molecule has 0 fully saturated rings. The molecule has 2 amide bonds. The van der Waals surface area contributed by atoms with E-state index in [1.54, 1.807) is 55.5 Å². The van der Waals surface area contributed by atoms with Crippen LogP contribution in [0.1, 0.15) is 59.5 Å². The van der Waals surface area contributed by atoms with E-state index in [9.17, 15) is 19.7 Å². The second-order valence-electron chi connectivity index (χ2n) is 8.80. The first-order chi connectivity index (χ1) is 16.0. The highest BCUT2D eigenvalue weighted by Gasteiger charge is 2.14. The Bertz CT molecular complexity index is 1220. The highest BCUT2D eigenvalue weighted by molar-refractivity contribution is 6.05. The van der Waals surface area contributed by atoms with Gasteiger partial charge in [0.25, 0.3) is 17.5 Å². The van der Waals surface area contributed by atoms with Crippen molar-refractivity contribution in [1.82, 2.24) is 5.43 Å². The average molecular weight is 459 g/mol. The normalized spacial score (nSPS) is 11.6. The number of carbonyl (C=O) groups excluding carboxylic acids is 2. The van der Waals surface area contributed by atoms with Gasteiger partial charge in [-0.2, -0.15) is 5.10 Å². The second-order valence-corrected chi connectivity index (χ2v) is 8.80. The quantitative estimate of drug-likeness (QED) is 0.296. The molecule has 34 heavy (non-hydrogen) atoms. The highest BCUT2D eigenvalue weighted by atomic mass is 16.6. The summed E-state index contributed by atoms with van der Waals surface area (Å²) in [6.07, 6.45) is 0. The smallest absolute Gasteiger partial charge is 0.271 e. The maximum absolute atomic E-state index is 12.5. The molecular formula is C26H26N4O4. The first kappa shape index (κ1) is 24.3. The molecular weight excluding hydrogens is 432 g/mol. The third kappa shape index (κ3) is 6.13. The lowest BCUT2D eigenvalue weighted by Crippen LogP contribution is -2.19. The number of amides is 2. The molecule has 174 valence electrons. The summed E-state index contributed by atoms with van der Waals surface area (Å²) in [6, 6.07) is 19.8. The molecule has 0 aliphatic carbocycles. The highest BCUT2D eigenvalue weighted by Crippen LogP contribution is 2.22. The van der Waals surface area contributed by atoms with Crippen LogP contribution in [0.3, 0.4) is 0 Å². The Morgan fingerprint density at radius 1 is 0.794 bits per heavy atom. The number of carbonyl (C=O) groups is 2. The predicted molar refractivity (Wildman–Crippen MR) is 132 cm³/mol. The maximum atomic E-state index is 12.5. The number of nitro benzene ring substituents is 1. The number of anilines is 1. The molecule has 0 aliphatic rings. The summed E-state index contributed by atoms with van der Waals surface area (Å²) in [5.41, 5.74) is 6.24. The van der Waals surface area contributed by atoms with E-state index >= 15 is 0 Å². The molecule has 3 aromatic rings. The lowest BCUT2D eigenvalue weighted by Gasteiger charge is -2.19. The monoisotopic (exact) mass is 458 g/mol. The number of nitro groups is 1. The van der Waals surface area contributed by atoms with Gasteiger partial charge in [0.05, 0.1) is 10.6 Å². The molecule has 0 saturated heterocycles. The number of nitrogens with zero attached hydrogens (tertiary/aromatic N) is 2. The van der Waals surface area contributed by atoms with Crippen LogP contribution < -0.4 is 10.7 Å². The van der Waals surface area contributed by atoms with Crippen molar-refractivity contribution in [2.24, 2.45) is 5.10 Å². The Morgan fingerprint density at radius 3 is 1.82 bits per heavy atom. The molecule has 0 heterocycles. The number of hydrogen-bond acceptors (Lipinski definition) is 5. The van der Waals surface area contributed by atoms with Gasteiger partial charge in [0.2, 0.25) is 0 Å². The second kappa shape index (κ2) is 10.1. The molecule has 0 spiro atoms. The van der Waals surface area contributed by atoms with Crippen LogP contribution in [-0.4, -0.2) is 22.4 Å². The first-order valence-electron chi connectivity index (χ1n) is 10.7. The molecule has 3 aromatic carbocycles. The van der Waals surface area contributed by atoms with E-state index in [4.69, 9.17) is 0 Å². The van der Waals surface area contributed by atoms with Gasteiger partial charge >= 0.3 is 0 Å². The van der Waals surface area contributed by atoms with E-state index in [1.165, 1.54) is 12.1 Å². The number of benzene rings is 3. The van der Waals surface area contributed by atoms with Crippen molar-refractivity contribution in [2.75, 3.05) is 5.32 Å². The van der Waals surface area contributed by atoms with Crippen LogP contribution in [-0.2, 0) is 5.41 Å². The zero-order valence-electron chi connectivity index (χ0n) is 19.5. The minimum absolute atomic E-state index is 0.00977. The SMILES string of the molecule is CC(=NNC(=O)c1ccc(NC(=O)c2ccc(C(C)(C)C)cc2)cc1)c1ccc([N+](=O)[O-])cc1. The molecule has 8 heteroatoms. The Labute approximate surface area is 197 Å². The van der Waals surface area contributed by atoms with Crippen LogP contribution in [0.4, 0.5) is 11.4 Å². The molecule has 0 radical (unpaired) electrons. The van der Waals surface area contributed by atoms with Gasteiger partial charge in [0.15, 0.2) is 0 Å². The molecule has 0 aliphatic heterocycles. The Balaban J connectivity index is 1.60. The minimum Gasteiger partial charge on any atom is -0.322 e. The van der Waals surface area contributed by atoms with Gasteiger partial charge in [-0.05, 0) is 72.0 Å². The number of hydrazone groups is 1. The van der Waals surface area contributed by atoms with Crippen molar-refractivity contribution in [2.45, 2.75) is 33.1 Å². The van der Waals surface area contributed by atoms with E-state index in [-0.39, 0.29) is 17.0 Å². The third-order valence-corrected chi connectivity index (χ3v) is 5.24. The fraction of sp³-hybridized carbons (Fsp3) is 0.192. The van der Waals surface area contributed by atoms with E-state index in [2.05, 4.69) is 36.6 Å². The van der Waals surface area contributed by atoms with Crippen LogP contribution in [0, 0.1) is 10.1 Å². The summed E-state index contributed by atoms with van der Waals surface area (Å²) >= 11 is 0. The Kier molecular flexibility index (Phi) is 7.21. The van der Waals surface area contributed by atoms with Gasteiger partial charge in [-0.25, -0.2) is 5.43 Å². The van der Waals surface area contributed by atoms with Crippen molar-refractivity contribution >= 4 is 28.9 Å². The van der Waals surface area contributed by atoms with Gasteiger partial charge in [-0.15, -0.1) is 0 Å². The van der Waals surface area contributed by atoms with Crippen LogP contribution >= 0.6 is 0 Å². The zero-order valence-corrected chi connectivity index (χ0v) is 19.5. The topological polar surface area (TPSA) is 114 Å². The summed E-state index contributed by atoms with van der Waals surface area (Å²) in [4.78, 5) is 35.2. The number of hydrogen-bond donors (Lipinski definition) is 2. The van der Waals surface area contributed by atoms with Gasteiger partial charge in [-0.3, -0.25) is 19.7 Å². The van der Waals surface area contributed by atoms with E-state index in [0.717, 1.165) is 5.56 Å². The molecule has 3 rings (SSSR count). The lowest BCUT2D eigenvalue weighted by atomic mass is 9.87. The number of nitrogens with one attached hydrogen (secondary N) is 2. The van der Waals surface area contributed by atoms with Gasteiger partial charge in [0.1, 0.15) is 0 Å². The van der Waals surface area contributed by atoms with Crippen molar-refractivity contribution in [3.8, 4) is 0 Å². The van der Waals surface area contributed by atoms with E-state index in [0.29, 0.717) is 28.1 Å². The number of non-ortho nitro benzene ring substituents is 1. The van der Waals surface area contributed by atoms with Crippen molar-refractivity contribution in [3.63, 3.8) is 0 Å². The van der Waals surface area contributed by atoms with Crippen molar-refractivity contribution in [3.05, 3.63) is 105 Å². The Hall–Kier alpha value is -4.33. The first-order valence-corrected chi connectivity index (χ1v) is 10.7.